The fraction of sp³-hybridized carbons (Fsp3) is 0.133. The van der Waals surface area contributed by atoms with Crippen molar-refractivity contribution >= 4 is 29.5 Å². The molecule has 0 heterocycles. The van der Waals surface area contributed by atoms with E-state index in [1.807, 2.05) is 30.3 Å². The van der Waals surface area contributed by atoms with E-state index >= 15 is 0 Å². The van der Waals surface area contributed by atoms with Gasteiger partial charge in [0.2, 0.25) is 0 Å². The van der Waals surface area contributed by atoms with E-state index in [-0.39, 0.29) is 6.61 Å². The first-order chi connectivity index (χ1) is 9.70. The van der Waals surface area contributed by atoms with Gasteiger partial charge >= 0.3 is 0 Å². The summed E-state index contributed by atoms with van der Waals surface area (Å²) in [6.45, 7) is 0.623. The van der Waals surface area contributed by atoms with E-state index in [1.165, 1.54) is 12.1 Å². The van der Waals surface area contributed by atoms with Gasteiger partial charge in [-0.1, -0.05) is 41.4 Å². The Bertz CT molecular complexity index is 585. The number of benzene rings is 2. The van der Waals surface area contributed by atoms with Crippen molar-refractivity contribution in [2.75, 3.05) is 13.2 Å². The van der Waals surface area contributed by atoms with Crippen molar-refractivity contribution in [1.29, 1.82) is 0 Å². The molecule has 0 N–H and O–H groups in total. The van der Waals surface area contributed by atoms with E-state index in [1.54, 1.807) is 0 Å². The molecule has 0 aliphatic heterocycles. The molecule has 2 rings (SSSR count). The summed E-state index contributed by atoms with van der Waals surface area (Å²) in [7, 11) is 0. The summed E-state index contributed by atoms with van der Waals surface area (Å²) in [5.74, 6) is 1.08. The highest BCUT2D eigenvalue weighted by atomic mass is 35.5. The number of para-hydroxylation sites is 1. The molecule has 0 amide bonds. The Labute approximate surface area is 127 Å². The molecule has 0 radical (unpaired) electrons. The number of ether oxygens (including phenoxy) is 2. The van der Waals surface area contributed by atoms with Gasteiger partial charge in [0.1, 0.15) is 24.7 Å². The third-order valence-electron chi connectivity index (χ3n) is 2.51. The summed E-state index contributed by atoms with van der Waals surface area (Å²) in [6.07, 6.45) is 0.658. The second kappa shape index (κ2) is 7.17. The van der Waals surface area contributed by atoms with Crippen LogP contribution in [-0.2, 0) is 0 Å². The molecule has 0 aliphatic carbocycles. The van der Waals surface area contributed by atoms with Crippen LogP contribution in [-0.4, -0.2) is 19.5 Å². The van der Waals surface area contributed by atoms with Gasteiger partial charge in [0, 0.05) is 5.02 Å². The van der Waals surface area contributed by atoms with Crippen LogP contribution >= 0.6 is 23.2 Å². The topological polar surface area (TPSA) is 35.5 Å². The van der Waals surface area contributed by atoms with Crippen LogP contribution < -0.4 is 9.47 Å². The van der Waals surface area contributed by atoms with Crippen LogP contribution in [0.15, 0.2) is 42.5 Å². The zero-order valence-electron chi connectivity index (χ0n) is 10.5. The molecular weight excluding hydrogens is 299 g/mol. The Hall–Kier alpha value is -1.71. The van der Waals surface area contributed by atoms with Crippen molar-refractivity contribution in [3.8, 4) is 11.5 Å². The molecule has 0 fully saturated rings. The van der Waals surface area contributed by atoms with Crippen molar-refractivity contribution in [3.05, 3.63) is 58.1 Å². The molecule has 20 heavy (non-hydrogen) atoms. The zero-order chi connectivity index (χ0) is 14.4. The molecule has 0 atom stereocenters. The van der Waals surface area contributed by atoms with Crippen LogP contribution in [0.1, 0.15) is 10.4 Å². The summed E-state index contributed by atoms with van der Waals surface area (Å²) in [4.78, 5) is 11.0. The first-order valence-electron chi connectivity index (χ1n) is 5.95. The van der Waals surface area contributed by atoms with Crippen LogP contribution in [0.2, 0.25) is 10.0 Å². The lowest BCUT2D eigenvalue weighted by Crippen LogP contribution is -2.10. The number of aldehydes is 1. The molecule has 5 heteroatoms. The van der Waals surface area contributed by atoms with Crippen molar-refractivity contribution in [2.24, 2.45) is 0 Å². The highest BCUT2D eigenvalue weighted by Crippen LogP contribution is 2.31. The maximum atomic E-state index is 11.0. The Balaban J connectivity index is 1.93. The number of hydrogen-bond donors (Lipinski definition) is 0. The van der Waals surface area contributed by atoms with E-state index < -0.39 is 0 Å². The van der Waals surface area contributed by atoms with Crippen molar-refractivity contribution in [2.45, 2.75) is 0 Å². The predicted octanol–water partition coefficient (Wildman–Crippen LogP) is 4.26. The normalized spacial score (nSPS) is 10.1. The maximum Gasteiger partial charge on any atom is 0.153 e. The van der Waals surface area contributed by atoms with Crippen molar-refractivity contribution in [3.63, 3.8) is 0 Å². The Morgan fingerprint density at radius 3 is 2.40 bits per heavy atom. The summed E-state index contributed by atoms with van der Waals surface area (Å²) in [5.41, 5.74) is 0.321. The molecule has 104 valence electrons. The van der Waals surface area contributed by atoms with Crippen LogP contribution in [0, 0.1) is 0 Å². The summed E-state index contributed by atoms with van der Waals surface area (Å²) in [6, 6.07) is 12.4. The highest BCUT2D eigenvalue weighted by Gasteiger charge is 2.10. The largest absolute Gasteiger partial charge is 0.490 e. The first kappa shape index (κ1) is 14.7. The van der Waals surface area contributed by atoms with E-state index in [0.717, 1.165) is 5.75 Å². The lowest BCUT2D eigenvalue weighted by atomic mass is 10.2. The van der Waals surface area contributed by atoms with Crippen molar-refractivity contribution in [1.82, 2.24) is 0 Å². The van der Waals surface area contributed by atoms with Crippen LogP contribution in [0.25, 0.3) is 0 Å². The quantitative estimate of drug-likeness (QED) is 0.590. The van der Waals surface area contributed by atoms with Crippen molar-refractivity contribution < 1.29 is 14.3 Å². The molecule has 0 saturated carbocycles. The molecule has 0 aromatic heterocycles. The van der Waals surface area contributed by atoms with Gasteiger partial charge in [-0.2, -0.15) is 0 Å². The number of rotatable bonds is 6. The summed E-state index contributed by atoms with van der Waals surface area (Å²) < 4.78 is 11.0. The minimum Gasteiger partial charge on any atom is -0.490 e. The standard InChI is InChI=1S/C15H12Cl2O3/c16-12-8-11(10-18)15(14(17)9-12)20-7-6-19-13-4-2-1-3-5-13/h1-5,8-10H,6-7H2. The highest BCUT2D eigenvalue weighted by molar-refractivity contribution is 6.36. The smallest absolute Gasteiger partial charge is 0.153 e. The van der Waals surface area contributed by atoms with Gasteiger partial charge in [-0.25, -0.2) is 0 Å². The van der Waals surface area contributed by atoms with Gasteiger partial charge in [0.05, 0.1) is 10.6 Å². The minimum absolute atomic E-state index is 0.275. The predicted molar refractivity (Wildman–Crippen MR) is 79.3 cm³/mol. The zero-order valence-corrected chi connectivity index (χ0v) is 12.0. The number of carbonyl (C=O) groups is 1. The molecule has 2 aromatic rings. The van der Waals surface area contributed by atoms with Gasteiger partial charge in [0.15, 0.2) is 6.29 Å². The van der Waals surface area contributed by atoms with Gasteiger partial charge in [-0.15, -0.1) is 0 Å². The van der Waals surface area contributed by atoms with Crippen LogP contribution in [0.3, 0.4) is 0 Å². The summed E-state index contributed by atoms with van der Waals surface area (Å²) in [5, 5.41) is 0.698. The number of halogens is 2. The molecule has 0 spiro atoms. The molecule has 0 saturated heterocycles. The number of hydrogen-bond acceptors (Lipinski definition) is 3. The summed E-state index contributed by atoms with van der Waals surface area (Å²) >= 11 is 11.8. The van der Waals surface area contributed by atoms with Gasteiger partial charge in [-0.05, 0) is 24.3 Å². The molecular formula is C15H12Cl2O3. The van der Waals surface area contributed by atoms with Crippen LogP contribution in [0.5, 0.6) is 11.5 Å². The van der Waals surface area contributed by atoms with E-state index in [0.29, 0.717) is 34.3 Å². The SMILES string of the molecule is O=Cc1cc(Cl)cc(Cl)c1OCCOc1ccccc1. The fourth-order valence-electron chi connectivity index (χ4n) is 1.64. The van der Waals surface area contributed by atoms with E-state index in [2.05, 4.69) is 0 Å². The maximum absolute atomic E-state index is 11.0. The third kappa shape index (κ3) is 3.89. The van der Waals surface area contributed by atoms with E-state index in [9.17, 15) is 4.79 Å². The Kier molecular flexibility index (Phi) is 5.27. The van der Waals surface area contributed by atoms with Gasteiger partial charge in [0.25, 0.3) is 0 Å². The van der Waals surface area contributed by atoms with Gasteiger partial charge < -0.3 is 9.47 Å². The van der Waals surface area contributed by atoms with E-state index in [4.69, 9.17) is 32.7 Å². The Morgan fingerprint density at radius 1 is 1.00 bits per heavy atom. The molecule has 0 unspecified atom stereocenters. The molecule has 0 bridgehead atoms. The monoisotopic (exact) mass is 310 g/mol. The third-order valence-corrected chi connectivity index (χ3v) is 3.00. The Morgan fingerprint density at radius 2 is 1.70 bits per heavy atom. The molecule has 3 nitrogen and oxygen atoms in total. The minimum atomic E-state index is 0.275. The average molecular weight is 311 g/mol. The molecule has 2 aromatic carbocycles. The lowest BCUT2D eigenvalue weighted by Gasteiger charge is -2.11. The second-order valence-electron chi connectivity index (χ2n) is 3.93. The van der Waals surface area contributed by atoms with Crippen LogP contribution in [0.4, 0.5) is 0 Å². The molecule has 0 aliphatic rings. The second-order valence-corrected chi connectivity index (χ2v) is 4.78. The lowest BCUT2D eigenvalue weighted by molar-refractivity contribution is 0.111. The first-order valence-corrected chi connectivity index (χ1v) is 6.71. The van der Waals surface area contributed by atoms with Gasteiger partial charge in [-0.3, -0.25) is 4.79 Å². The average Bonchev–Trinajstić information content (AvgIpc) is 2.45. The number of carbonyl (C=O) groups excluding carboxylic acids is 1. The fourth-order valence-corrected chi connectivity index (χ4v) is 2.20.